The number of carbonyl (C=O) groups excluding carboxylic acids is 1. The lowest BCUT2D eigenvalue weighted by Crippen LogP contribution is -2.19. The monoisotopic (exact) mass is 330 g/mol. The highest BCUT2D eigenvalue weighted by Crippen LogP contribution is 2.30. The molecular formula is C16H11ClN2O2S. The average molecular weight is 331 g/mol. The van der Waals surface area contributed by atoms with E-state index in [-0.39, 0.29) is 16.7 Å². The molecule has 0 unspecified atom stereocenters. The van der Waals surface area contributed by atoms with Crippen LogP contribution in [0.15, 0.2) is 58.4 Å². The number of aliphatic imine (C=N–C) groups is 1. The van der Waals surface area contributed by atoms with Gasteiger partial charge in [-0.1, -0.05) is 35.9 Å². The summed E-state index contributed by atoms with van der Waals surface area (Å²) >= 11 is 7.12. The molecule has 0 atom stereocenters. The molecule has 6 heteroatoms. The maximum Gasteiger partial charge on any atom is 0.264 e. The number of para-hydroxylation sites is 1. The van der Waals surface area contributed by atoms with Gasteiger partial charge in [0.2, 0.25) is 0 Å². The third-order valence-electron chi connectivity index (χ3n) is 2.91. The molecule has 2 N–H and O–H groups in total. The fourth-order valence-electron chi connectivity index (χ4n) is 1.86. The highest BCUT2D eigenvalue weighted by atomic mass is 35.5. The minimum absolute atomic E-state index is 0.0127. The maximum absolute atomic E-state index is 12.0. The van der Waals surface area contributed by atoms with Gasteiger partial charge in [-0.2, -0.15) is 0 Å². The number of halogens is 1. The van der Waals surface area contributed by atoms with E-state index in [0.717, 1.165) is 11.3 Å². The number of hydrogen-bond donors (Lipinski definition) is 2. The molecule has 2 aromatic rings. The molecule has 0 radical (unpaired) electrons. The number of amides is 1. The van der Waals surface area contributed by atoms with Gasteiger partial charge in [0.15, 0.2) is 5.17 Å². The number of phenolic OH excluding ortho intramolecular Hbond substituents is 1. The number of hydrogen-bond acceptors (Lipinski definition) is 4. The first kappa shape index (κ1) is 14.7. The Balaban J connectivity index is 1.84. The molecule has 1 aliphatic heterocycles. The molecule has 110 valence electrons. The molecule has 3 rings (SSSR count). The Morgan fingerprint density at radius 3 is 2.68 bits per heavy atom. The van der Waals surface area contributed by atoms with Gasteiger partial charge in [0, 0.05) is 0 Å². The summed E-state index contributed by atoms with van der Waals surface area (Å²) in [5.41, 5.74) is 1.51. The van der Waals surface area contributed by atoms with Gasteiger partial charge in [-0.3, -0.25) is 4.79 Å². The highest BCUT2D eigenvalue weighted by Gasteiger charge is 2.23. The van der Waals surface area contributed by atoms with E-state index < -0.39 is 0 Å². The summed E-state index contributed by atoms with van der Waals surface area (Å²) in [4.78, 5) is 16.9. The number of aromatic hydroxyl groups is 1. The molecule has 0 aromatic heterocycles. The van der Waals surface area contributed by atoms with E-state index in [1.807, 2.05) is 30.3 Å². The van der Waals surface area contributed by atoms with Crippen molar-refractivity contribution in [2.24, 2.45) is 4.99 Å². The van der Waals surface area contributed by atoms with Crippen LogP contribution in [0.3, 0.4) is 0 Å². The van der Waals surface area contributed by atoms with Gasteiger partial charge in [-0.15, -0.1) is 0 Å². The van der Waals surface area contributed by atoms with Crippen LogP contribution < -0.4 is 5.32 Å². The third-order valence-corrected chi connectivity index (χ3v) is 4.12. The summed E-state index contributed by atoms with van der Waals surface area (Å²) in [6, 6.07) is 14.2. The van der Waals surface area contributed by atoms with E-state index in [1.54, 1.807) is 18.2 Å². The molecule has 1 heterocycles. The lowest BCUT2D eigenvalue weighted by molar-refractivity contribution is -0.115. The Bertz CT molecular complexity index is 788. The summed E-state index contributed by atoms with van der Waals surface area (Å²) in [7, 11) is 0. The molecule has 0 spiro atoms. The number of phenols is 1. The van der Waals surface area contributed by atoms with Crippen molar-refractivity contribution in [3.8, 4) is 5.75 Å². The molecule has 1 saturated heterocycles. The fraction of sp³-hybridized carbons (Fsp3) is 0. The lowest BCUT2D eigenvalue weighted by atomic mass is 10.2. The minimum Gasteiger partial charge on any atom is -0.506 e. The van der Waals surface area contributed by atoms with E-state index in [0.29, 0.717) is 10.1 Å². The zero-order chi connectivity index (χ0) is 15.5. The molecule has 1 aliphatic rings. The Morgan fingerprint density at radius 2 is 1.95 bits per heavy atom. The Morgan fingerprint density at radius 1 is 1.18 bits per heavy atom. The van der Waals surface area contributed by atoms with E-state index in [9.17, 15) is 9.90 Å². The molecule has 1 amide bonds. The first-order valence-corrected chi connectivity index (χ1v) is 7.64. The second-order valence-electron chi connectivity index (χ2n) is 4.53. The van der Waals surface area contributed by atoms with Crippen molar-refractivity contribution in [1.82, 2.24) is 5.32 Å². The number of benzene rings is 2. The highest BCUT2D eigenvalue weighted by molar-refractivity contribution is 8.18. The zero-order valence-electron chi connectivity index (χ0n) is 11.3. The number of nitrogens with zero attached hydrogens (tertiary/aromatic N) is 1. The van der Waals surface area contributed by atoms with Crippen molar-refractivity contribution in [1.29, 1.82) is 0 Å². The summed E-state index contributed by atoms with van der Waals surface area (Å²) in [6.45, 7) is 0. The Kier molecular flexibility index (Phi) is 4.18. The molecule has 0 bridgehead atoms. The van der Waals surface area contributed by atoms with Crippen molar-refractivity contribution in [3.63, 3.8) is 0 Å². The van der Waals surface area contributed by atoms with E-state index in [4.69, 9.17) is 11.6 Å². The standard InChI is InChI=1S/C16H11ClN2O2S/c17-12-8-10(6-7-13(12)20)9-14-15(21)19-16(22-14)18-11-4-2-1-3-5-11/h1-9,20H,(H,18,19,21)/b14-9+. The lowest BCUT2D eigenvalue weighted by Gasteiger charge is -1.98. The van der Waals surface area contributed by atoms with Crippen molar-refractivity contribution in [2.45, 2.75) is 0 Å². The predicted octanol–water partition coefficient (Wildman–Crippen LogP) is 3.94. The molecule has 2 aromatic carbocycles. The molecular weight excluding hydrogens is 320 g/mol. The topological polar surface area (TPSA) is 61.7 Å². The van der Waals surface area contributed by atoms with Crippen LogP contribution in [0.2, 0.25) is 5.02 Å². The largest absolute Gasteiger partial charge is 0.506 e. The number of thioether (sulfide) groups is 1. The van der Waals surface area contributed by atoms with Crippen molar-refractivity contribution < 1.29 is 9.90 Å². The van der Waals surface area contributed by atoms with Gasteiger partial charge in [-0.25, -0.2) is 4.99 Å². The molecule has 4 nitrogen and oxygen atoms in total. The minimum atomic E-state index is -0.205. The van der Waals surface area contributed by atoms with Crippen molar-refractivity contribution >= 4 is 46.2 Å². The number of rotatable bonds is 2. The maximum atomic E-state index is 12.0. The molecule has 0 saturated carbocycles. The normalized spacial score (nSPS) is 18.0. The van der Waals surface area contributed by atoms with Gasteiger partial charge in [0.25, 0.3) is 5.91 Å². The number of amidine groups is 1. The van der Waals surface area contributed by atoms with Gasteiger partial charge >= 0.3 is 0 Å². The quantitative estimate of drug-likeness (QED) is 0.820. The van der Waals surface area contributed by atoms with E-state index >= 15 is 0 Å². The van der Waals surface area contributed by atoms with Crippen LogP contribution in [-0.4, -0.2) is 16.2 Å². The van der Waals surface area contributed by atoms with Gasteiger partial charge in [-0.05, 0) is 47.7 Å². The Hall–Kier alpha value is -2.24. The Labute approximate surface area is 136 Å². The smallest absolute Gasteiger partial charge is 0.264 e. The number of nitrogens with one attached hydrogen (secondary N) is 1. The van der Waals surface area contributed by atoms with Crippen molar-refractivity contribution in [2.75, 3.05) is 0 Å². The first-order valence-electron chi connectivity index (χ1n) is 6.45. The fourth-order valence-corrected chi connectivity index (χ4v) is 2.90. The zero-order valence-corrected chi connectivity index (χ0v) is 12.9. The summed E-state index contributed by atoms with van der Waals surface area (Å²) in [5.74, 6) is -0.192. The predicted molar refractivity (Wildman–Crippen MR) is 90.4 cm³/mol. The van der Waals surface area contributed by atoms with Crippen LogP contribution in [0, 0.1) is 0 Å². The average Bonchev–Trinajstić information content (AvgIpc) is 2.84. The second-order valence-corrected chi connectivity index (χ2v) is 5.97. The SMILES string of the molecule is O=C1NC(=Nc2ccccc2)S/C1=C/c1ccc(O)c(Cl)c1. The first-order chi connectivity index (χ1) is 10.6. The molecule has 22 heavy (non-hydrogen) atoms. The van der Waals surface area contributed by atoms with Crippen LogP contribution in [0.1, 0.15) is 5.56 Å². The van der Waals surface area contributed by atoms with Crippen molar-refractivity contribution in [3.05, 3.63) is 64.0 Å². The van der Waals surface area contributed by atoms with E-state index in [2.05, 4.69) is 10.3 Å². The van der Waals surface area contributed by atoms with Crippen LogP contribution in [0.4, 0.5) is 5.69 Å². The molecule has 0 aliphatic carbocycles. The van der Waals surface area contributed by atoms with Gasteiger partial charge in [0.1, 0.15) is 5.75 Å². The van der Waals surface area contributed by atoms with Crippen LogP contribution in [-0.2, 0) is 4.79 Å². The van der Waals surface area contributed by atoms with Crippen LogP contribution in [0.5, 0.6) is 5.75 Å². The summed E-state index contributed by atoms with van der Waals surface area (Å²) in [5, 5.41) is 12.9. The van der Waals surface area contributed by atoms with Crippen LogP contribution in [0.25, 0.3) is 6.08 Å². The number of carbonyl (C=O) groups is 1. The van der Waals surface area contributed by atoms with Gasteiger partial charge in [0.05, 0.1) is 15.6 Å². The van der Waals surface area contributed by atoms with Crippen LogP contribution >= 0.6 is 23.4 Å². The van der Waals surface area contributed by atoms with E-state index in [1.165, 1.54) is 17.8 Å². The summed E-state index contributed by atoms with van der Waals surface area (Å²) in [6.07, 6.45) is 1.71. The summed E-state index contributed by atoms with van der Waals surface area (Å²) < 4.78 is 0. The third kappa shape index (κ3) is 3.32. The molecule has 1 fully saturated rings. The van der Waals surface area contributed by atoms with Gasteiger partial charge < -0.3 is 10.4 Å². The second kappa shape index (κ2) is 6.25.